The van der Waals surface area contributed by atoms with E-state index in [2.05, 4.69) is 13.5 Å². The summed E-state index contributed by atoms with van der Waals surface area (Å²) in [4.78, 5) is 0. The lowest BCUT2D eigenvalue weighted by Crippen LogP contribution is -2.20. The van der Waals surface area contributed by atoms with Crippen molar-refractivity contribution in [2.45, 2.75) is 38.4 Å². The first-order valence-corrected chi connectivity index (χ1v) is 5.75. The fourth-order valence-electron chi connectivity index (χ4n) is 1.61. The van der Waals surface area contributed by atoms with Gasteiger partial charge in [-0.3, -0.25) is 0 Å². The van der Waals surface area contributed by atoms with E-state index in [1.807, 2.05) is 18.2 Å². The summed E-state index contributed by atoms with van der Waals surface area (Å²) >= 11 is 0. The van der Waals surface area contributed by atoms with Crippen LogP contribution >= 0.6 is 0 Å². The van der Waals surface area contributed by atoms with Crippen molar-refractivity contribution in [1.82, 2.24) is 0 Å². The van der Waals surface area contributed by atoms with Crippen LogP contribution in [0.15, 0.2) is 42.5 Å². The molecule has 0 fully saturated rings. The molecule has 2 heteroatoms. The fraction of sp³-hybridized carbons (Fsp3) is 0.429. The van der Waals surface area contributed by atoms with Gasteiger partial charge < -0.3 is 10.2 Å². The molecule has 2 nitrogen and oxygen atoms in total. The second-order valence-corrected chi connectivity index (χ2v) is 4.06. The topological polar surface area (TPSA) is 40.5 Å². The number of benzene rings is 1. The highest BCUT2D eigenvalue weighted by atomic mass is 16.3. The van der Waals surface area contributed by atoms with Crippen molar-refractivity contribution >= 4 is 0 Å². The van der Waals surface area contributed by atoms with Crippen LogP contribution in [-0.4, -0.2) is 16.3 Å². The first kappa shape index (κ1) is 12.9. The molecule has 0 radical (unpaired) electrons. The molecule has 1 rings (SSSR count). The lowest BCUT2D eigenvalue weighted by atomic mass is 9.96. The smallest absolute Gasteiger partial charge is 0.109 e. The average molecular weight is 220 g/mol. The Balaban J connectivity index is 2.60. The molecule has 2 atom stereocenters. The van der Waals surface area contributed by atoms with Gasteiger partial charge in [0.1, 0.15) is 12.2 Å². The summed E-state index contributed by atoms with van der Waals surface area (Å²) in [6, 6.07) is 9.19. The maximum atomic E-state index is 9.95. The Morgan fingerprint density at radius 1 is 1.25 bits per heavy atom. The summed E-state index contributed by atoms with van der Waals surface area (Å²) in [5.41, 5.74) is 1.44. The second kappa shape index (κ2) is 6.46. The highest BCUT2D eigenvalue weighted by Gasteiger charge is 2.20. The molecule has 0 aliphatic rings. The van der Waals surface area contributed by atoms with Gasteiger partial charge in [0, 0.05) is 0 Å². The van der Waals surface area contributed by atoms with Gasteiger partial charge in [0.25, 0.3) is 0 Å². The molecule has 1 aromatic rings. The monoisotopic (exact) mass is 220 g/mol. The molecule has 0 aliphatic carbocycles. The molecule has 0 bridgehead atoms. The van der Waals surface area contributed by atoms with E-state index in [0.29, 0.717) is 5.57 Å². The molecule has 2 N–H and O–H groups in total. The number of rotatable bonds is 6. The maximum Gasteiger partial charge on any atom is 0.109 e. The Hall–Kier alpha value is -1.12. The Morgan fingerprint density at radius 3 is 2.44 bits per heavy atom. The molecule has 0 amide bonds. The molecule has 0 heterocycles. The predicted molar refractivity (Wildman–Crippen MR) is 66.1 cm³/mol. The molecule has 0 spiro atoms. The number of aliphatic hydroxyl groups is 2. The average Bonchev–Trinajstić information content (AvgIpc) is 2.35. The van der Waals surface area contributed by atoms with Crippen LogP contribution in [-0.2, 0) is 0 Å². The van der Waals surface area contributed by atoms with Gasteiger partial charge in [0.2, 0.25) is 0 Å². The molecule has 16 heavy (non-hydrogen) atoms. The van der Waals surface area contributed by atoms with Crippen LogP contribution < -0.4 is 0 Å². The van der Waals surface area contributed by atoms with E-state index < -0.39 is 12.2 Å². The van der Waals surface area contributed by atoms with Gasteiger partial charge in [-0.2, -0.15) is 0 Å². The standard InChI is InChI=1S/C14H20O2/c1-3-4-8-11(2)13(15)14(16)12-9-6-5-7-10-12/h5-7,9-10,13-16H,2-4,8H2,1H3/t13-,14-/m1/s1. The number of hydrogen-bond donors (Lipinski definition) is 2. The lowest BCUT2D eigenvalue weighted by Gasteiger charge is -2.20. The normalized spacial score (nSPS) is 14.4. The van der Waals surface area contributed by atoms with Crippen molar-refractivity contribution in [3.63, 3.8) is 0 Å². The number of unbranched alkanes of at least 4 members (excludes halogenated alkanes) is 1. The first-order valence-electron chi connectivity index (χ1n) is 5.75. The SMILES string of the molecule is C=C(CCCC)[C@@H](O)[C@H](O)c1ccccc1. The van der Waals surface area contributed by atoms with Gasteiger partial charge in [-0.05, 0) is 24.0 Å². The van der Waals surface area contributed by atoms with Crippen molar-refractivity contribution in [2.75, 3.05) is 0 Å². The molecule has 0 aliphatic heterocycles. The van der Waals surface area contributed by atoms with Gasteiger partial charge in [-0.15, -0.1) is 0 Å². The van der Waals surface area contributed by atoms with Crippen LogP contribution in [0.5, 0.6) is 0 Å². The van der Waals surface area contributed by atoms with Gasteiger partial charge in [0.15, 0.2) is 0 Å². The van der Waals surface area contributed by atoms with Gasteiger partial charge in [-0.1, -0.05) is 50.3 Å². The van der Waals surface area contributed by atoms with Gasteiger partial charge in [0.05, 0.1) is 0 Å². The summed E-state index contributed by atoms with van der Waals surface area (Å²) in [6.07, 6.45) is 1.09. The van der Waals surface area contributed by atoms with Crippen molar-refractivity contribution < 1.29 is 10.2 Å². The third-order valence-corrected chi connectivity index (χ3v) is 2.71. The highest BCUT2D eigenvalue weighted by Crippen LogP contribution is 2.23. The zero-order valence-corrected chi connectivity index (χ0v) is 9.76. The summed E-state index contributed by atoms with van der Waals surface area (Å²) in [6.45, 7) is 5.92. The molecular weight excluding hydrogens is 200 g/mol. The van der Waals surface area contributed by atoms with Crippen molar-refractivity contribution in [3.8, 4) is 0 Å². The van der Waals surface area contributed by atoms with Gasteiger partial charge >= 0.3 is 0 Å². The third kappa shape index (κ3) is 3.47. The molecular formula is C14H20O2. The van der Waals surface area contributed by atoms with Crippen LogP contribution in [0.3, 0.4) is 0 Å². The molecule has 0 aromatic heterocycles. The van der Waals surface area contributed by atoms with Crippen molar-refractivity contribution in [2.24, 2.45) is 0 Å². The van der Waals surface area contributed by atoms with E-state index in [1.54, 1.807) is 12.1 Å². The summed E-state index contributed by atoms with van der Waals surface area (Å²) < 4.78 is 0. The second-order valence-electron chi connectivity index (χ2n) is 4.06. The minimum atomic E-state index is -0.870. The largest absolute Gasteiger partial charge is 0.386 e. The van der Waals surface area contributed by atoms with Crippen LogP contribution in [0.2, 0.25) is 0 Å². The minimum Gasteiger partial charge on any atom is -0.386 e. The fourth-order valence-corrected chi connectivity index (χ4v) is 1.61. The van der Waals surface area contributed by atoms with Crippen LogP contribution in [0.4, 0.5) is 0 Å². The number of aliphatic hydroxyl groups excluding tert-OH is 2. The minimum absolute atomic E-state index is 0.707. The predicted octanol–water partition coefficient (Wildman–Crippen LogP) is 2.83. The van der Waals surface area contributed by atoms with Crippen molar-refractivity contribution in [3.05, 3.63) is 48.0 Å². The van der Waals surface area contributed by atoms with E-state index in [9.17, 15) is 10.2 Å². The summed E-state index contributed by atoms with van der Waals surface area (Å²) in [7, 11) is 0. The number of hydrogen-bond acceptors (Lipinski definition) is 2. The Morgan fingerprint density at radius 2 is 1.88 bits per heavy atom. The third-order valence-electron chi connectivity index (χ3n) is 2.71. The first-order chi connectivity index (χ1) is 7.66. The quantitative estimate of drug-likeness (QED) is 0.724. The van der Waals surface area contributed by atoms with Crippen LogP contribution in [0, 0.1) is 0 Å². The lowest BCUT2D eigenvalue weighted by molar-refractivity contribution is 0.0394. The molecule has 0 unspecified atom stereocenters. The Kier molecular flexibility index (Phi) is 5.23. The van der Waals surface area contributed by atoms with Crippen LogP contribution in [0.25, 0.3) is 0 Å². The van der Waals surface area contributed by atoms with Gasteiger partial charge in [-0.25, -0.2) is 0 Å². The van der Waals surface area contributed by atoms with E-state index in [-0.39, 0.29) is 0 Å². The summed E-state index contributed by atoms with van der Waals surface area (Å²) in [5, 5.41) is 19.9. The molecule has 0 saturated heterocycles. The molecule has 1 aromatic carbocycles. The maximum absolute atomic E-state index is 9.95. The Labute approximate surface area is 97.2 Å². The zero-order chi connectivity index (χ0) is 12.0. The van der Waals surface area contributed by atoms with E-state index in [0.717, 1.165) is 24.8 Å². The van der Waals surface area contributed by atoms with E-state index in [1.165, 1.54) is 0 Å². The van der Waals surface area contributed by atoms with Crippen LogP contribution in [0.1, 0.15) is 37.9 Å². The van der Waals surface area contributed by atoms with E-state index in [4.69, 9.17) is 0 Å². The molecule has 88 valence electrons. The summed E-state index contributed by atoms with van der Waals surface area (Å²) in [5.74, 6) is 0. The Bertz CT molecular complexity index is 319. The van der Waals surface area contributed by atoms with E-state index >= 15 is 0 Å². The molecule has 0 saturated carbocycles. The zero-order valence-electron chi connectivity index (χ0n) is 9.76. The highest BCUT2D eigenvalue weighted by molar-refractivity contribution is 5.21. The van der Waals surface area contributed by atoms with Crippen molar-refractivity contribution in [1.29, 1.82) is 0 Å².